The number of aliphatic hydroxyl groups is 2. The molecule has 448 valence electrons. The second-order valence-corrected chi connectivity index (χ2v) is 23.5. The molecule has 0 unspecified atom stereocenters. The predicted molar refractivity (Wildman–Crippen MR) is 310 cm³/mol. The first-order chi connectivity index (χ1) is 40.9. The second-order valence-electron chi connectivity index (χ2n) is 23.1. The minimum atomic E-state index is -2.53. The third kappa shape index (κ3) is 10.5. The molecule has 3 N–H and O–H groups in total. The van der Waals surface area contributed by atoms with Crippen LogP contribution in [-0.2, 0) is 58.8 Å². The molecule has 3 aliphatic carbocycles. The van der Waals surface area contributed by atoms with Crippen LogP contribution in [0.2, 0.25) is 5.02 Å². The number of carbonyl (C=O) groups excluding carboxylic acids is 8. The number of halogens is 1. The number of rotatable bonds is 15. The summed E-state index contributed by atoms with van der Waals surface area (Å²) in [5.41, 5.74) is -6.48. The first kappa shape index (κ1) is 60.6. The molecule has 19 nitrogen and oxygen atoms in total. The van der Waals surface area contributed by atoms with Gasteiger partial charge in [0.05, 0.1) is 48.7 Å². The van der Waals surface area contributed by atoms with Gasteiger partial charge in [-0.3, -0.25) is 33.3 Å². The van der Waals surface area contributed by atoms with Crippen molar-refractivity contribution in [3.05, 3.63) is 183 Å². The maximum atomic E-state index is 16.0. The number of nitrogens with one attached hydrogen (secondary N) is 1. The molecule has 2 bridgehead atoms. The van der Waals surface area contributed by atoms with E-state index in [1.807, 2.05) is 0 Å². The number of hydrogen-bond acceptors (Lipinski definition) is 17. The molecule has 10 rings (SSSR count). The standard InChI is InChI=1S/C66H65ClN2O17/c1-35-48(33-66(79)58(85-61(77)42-22-16-11-17-23-42)56-64(7,49(72)32-50-65(56,34-81-50)86-38(4)71)57(74)54(82-37(3)70)52(35)63(66,5)6)83-62(78)55(53(39-18-12-9-13-19-39)68-59(75)40-20-14-10-15-21-40)84-51(73)31-45-36(2)69(47-29-28-44(80-8)30-46(45)47)60(76)41-24-26-43(67)27-25-41/h9-30,48-50,53-56,58,72,79H,31-34H2,1-8H3,(H,68,75)/t48-,49-,50+,53-,54+,55+,56-,58-,64+,65-,66+/m0/s1. The lowest BCUT2D eigenvalue weighted by molar-refractivity contribution is -0.346. The van der Waals surface area contributed by atoms with Gasteiger partial charge in [-0.05, 0) is 110 Å². The number of nitrogens with zero attached hydrogens (tertiary/aromatic N) is 1. The van der Waals surface area contributed by atoms with Gasteiger partial charge in [0.25, 0.3) is 11.8 Å². The molecule has 0 spiro atoms. The summed E-state index contributed by atoms with van der Waals surface area (Å²) in [5, 5.41) is 30.3. The van der Waals surface area contributed by atoms with Crippen molar-refractivity contribution in [2.75, 3.05) is 13.7 Å². The fourth-order valence-electron chi connectivity index (χ4n) is 13.4. The number of Topliss-reactive ketones (excluding diaryl/α,β-unsaturated/α-hetero) is 1. The van der Waals surface area contributed by atoms with E-state index in [0.717, 1.165) is 13.8 Å². The largest absolute Gasteiger partial charge is 0.497 e. The zero-order valence-corrected chi connectivity index (χ0v) is 49.2. The summed E-state index contributed by atoms with van der Waals surface area (Å²) in [4.78, 5) is 117. The minimum Gasteiger partial charge on any atom is -0.497 e. The molecule has 11 atom stereocenters. The van der Waals surface area contributed by atoms with Gasteiger partial charge in [-0.25, -0.2) is 9.59 Å². The third-order valence-electron chi connectivity index (χ3n) is 17.9. The van der Waals surface area contributed by atoms with Gasteiger partial charge in [-0.2, -0.15) is 0 Å². The Labute approximate surface area is 500 Å². The van der Waals surface area contributed by atoms with E-state index in [0.29, 0.717) is 38.5 Å². The molecule has 2 saturated carbocycles. The first-order valence-electron chi connectivity index (χ1n) is 28.1. The van der Waals surface area contributed by atoms with Crippen LogP contribution >= 0.6 is 11.6 Å². The lowest BCUT2D eigenvalue weighted by atomic mass is 9.44. The number of amides is 1. The minimum absolute atomic E-state index is 0.0213. The summed E-state index contributed by atoms with van der Waals surface area (Å²) in [6, 6.07) is 33.8. The van der Waals surface area contributed by atoms with E-state index in [4.69, 9.17) is 44.8 Å². The summed E-state index contributed by atoms with van der Waals surface area (Å²) in [5.74, 6) is -8.35. The molecule has 1 aromatic heterocycles. The van der Waals surface area contributed by atoms with Crippen molar-refractivity contribution >= 4 is 69.9 Å². The molecule has 86 heavy (non-hydrogen) atoms. The van der Waals surface area contributed by atoms with Crippen LogP contribution in [0.1, 0.15) is 108 Å². The van der Waals surface area contributed by atoms with E-state index in [1.165, 1.54) is 37.7 Å². The summed E-state index contributed by atoms with van der Waals surface area (Å²) < 4.78 is 44.6. The van der Waals surface area contributed by atoms with Crippen LogP contribution in [0.15, 0.2) is 145 Å². The Hall–Kier alpha value is -8.49. The summed E-state index contributed by atoms with van der Waals surface area (Å²) in [6.45, 7) is 9.45. The van der Waals surface area contributed by atoms with E-state index >= 15 is 14.4 Å². The highest BCUT2D eigenvalue weighted by molar-refractivity contribution is 6.30. The Morgan fingerprint density at radius 1 is 0.791 bits per heavy atom. The molecule has 1 amide bonds. The normalized spacial score (nSPS) is 26.2. The predicted octanol–water partition coefficient (Wildman–Crippen LogP) is 8.14. The van der Waals surface area contributed by atoms with Crippen molar-refractivity contribution in [2.45, 2.75) is 122 Å². The Morgan fingerprint density at radius 2 is 1.42 bits per heavy atom. The number of carbonyl (C=O) groups is 8. The van der Waals surface area contributed by atoms with Crippen molar-refractivity contribution in [3.63, 3.8) is 0 Å². The lowest BCUT2D eigenvalue weighted by Crippen LogP contribution is -2.82. The third-order valence-corrected chi connectivity index (χ3v) is 18.1. The molecule has 20 heteroatoms. The molecule has 1 aliphatic heterocycles. The topological polar surface area (TPSA) is 259 Å². The van der Waals surface area contributed by atoms with Crippen molar-refractivity contribution in [1.82, 2.24) is 9.88 Å². The van der Waals surface area contributed by atoms with E-state index in [-0.39, 0.29) is 40.9 Å². The molecule has 0 radical (unpaired) electrons. The molecule has 2 heterocycles. The fourth-order valence-corrected chi connectivity index (χ4v) is 13.5. The van der Waals surface area contributed by atoms with Crippen LogP contribution in [-0.4, -0.2) is 124 Å². The van der Waals surface area contributed by atoms with E-state index in [2.05, 4.69) is 5.32 Å². The Balaban J connectivity index is 1.12. The van der Waals surface area contributed by atoms with Gasteiger partial charge < -0.3 is 48.7 Å². The highest BCUT2D eigenvalue weighted by Gasteiger charge is 2.78. The van der Waals surface area contributed by atoms with Crippen LogP contribution in [0.4, 0.5) is 0 Å². The second kappa shape index (κ2) is 23.4. The van der Waals surface area contributed by atoms with Crippen LogP contribution in [0, 0.1) is 23.7 Å². The number of ketones is 1. The Kier molecular flexibility index (Phi) is 16.5. The summed E-state index contributed by atoms with van der Waals surface area (Å²) in [6.07, 6.45) is -11.8. The number of ether oxygens (including phenoxy) is 7. The number of esters is 5. The number of aromatic nitrogens is 1. The molecular weight excluding hydrogens is 1130 g/mol. The van der Waals surface area contributed by atoms with Crippen LogP contribution < -0.4 is 10.1 Å². The highest BCUT2D eigenvalue weighted by atomic mass is 35.5. The molecule has 4 aliphatic rings. The van der Waals surface area contributed by atoms with Crippen LogP contribution in [0.3, 0.4) is 0 Å². The van der Waals surface area contributed by atoms with Gasteiger partial charge in [0.15, 0.2) is 17.5 Å². The summed E-state index contributed by atoms with van der Waals surface area (Å²) >= 11 is 6.19. The van der Waals surface area contributed by atoms with Gasteiger partial charge >= 0.3 is 29.8 Å². The Bertz CT molecular complexity index is 3720. The van der Waals surface area contributed by atoms with Crippen LogP contribution in [0.25, 0.3) is 10.9 Å². The number of benzene rings is 5. The average molecular weight is 1190 g/mol. The number of methoxy groups -OCH3 is 1. The van der Waals surface area contributed by atoms with Gasteiger partial charge in [0.1, 0.15) is 35.7 Å². The zero-order chi connectivity index (χ0) is 61.8. The van der Waals surface area contributed by atoms with E-state index in [1.54, 1.807) is 142 Å². The van der Waals surface area contributed by atoms with E-state index in [9.17, 15) is 34.2 Å². The van der Waals surface area contributed by atoms with Crippen molar-refractivity contribution in [3.8, 4) is 5.75 Å². The Morgan fingerprint density at radius 3 is 2.01 bits per heavy atom. The monoisotopic (exact) mass is 1190 g/mol. The highest BCUT2D eigenvalue weighted by Crippen LogP contribution is 2.64. The van der Waals surface area contributed by atoms with Crippen molar-refractivity contribution < 1.29 is 81.7 Å². The van der Waals surface area contributed by atoms with Gasteiger partial charge in [0, 0.05) is 59.3 Å². The number of hydrogen-bond donors (Lipinski definition) is 3. The van der Waals surface area contributed by atoms with Crippen LogP contribution in [0.5, 0.6) is 5.75 Å². The molecule has 3 fully saturated rings. The lowest BCUT2D eigenvalue weighted by Gasteiger charge is -2.67. The SMILES string of the molecule is COc1ccc2c(c1)c(CC(=O)O[C@@H](C(=O)O[C@H]1C[C@@]3(O)[C@@H](OC(=O)c4ccccc4)[C@@H]4[C@]5(OC(C)=O)CO[C@@H]5C[C@H](O)[C@@]4(C)C(=O)[C@H](OC(C)=O)C(=C1C)C3(C)C)[C@@H](NC(=O)c1ccccc1)c1ccccc1)c(C)n2C(=O)c1ccc(Cl)cc1. The number of fused-ring (bicyclic) bond motifs is 6. The van der Waals surface area contributed by atoms with E-state index < -0.39 is 131 Å². The number of aliphatic hydroxyl groups excluding tert-OH is 1. The smallest absolute Gasteiger partial charge is 0.350 e. The average Bonchev–Trinajstić information content (AvgIpc) is 0.794. The molecular formula is C66H65ClN2O17. The van der Waals surface area contributed by atoms with Crippen molar-refractivity contribution in [1.29, 1.82) is 0 Å². The maximum absolute atomic E-state index is 16.0. The first-order valence-corrected chi connectivity index (χ1v) is 28.4. The van der Waals surface area contributed by atoms with Gasteiger partial charge in [-0.15, -0.1) is 0 Å². The maximum Gasteiger partial charge on any atom is 0.350 e. The molecule has 5 aromatic carbocycles. The van der Waals surface area contributed by atoms with Gasteiger partial charge in [0.2, 0.25) is 6.10 Å². The zero-order valence-electron chi connectivity index (χ0n) is 48.5. The van der Waals surface area contributed by atoms with Crippen molar-refractivity contribution in [2.24, 2.45) is 16.7 Å². The molecule has 6 aromatic rings. The summed E-state index contributed by atoms with van der Waals surface area (Å²) in [7, 11) is 1.46. The quantitative estimate of drug-likeness (QED) is 0.0498. The fraction of sp³-hybridized carbons (Fsp3) is 0.364. The van der Waals surface area contributed by atoms with Gasteiger partial charge in [-0.1, -0.05) is 92.2 Å². The molecule has 1 saturated heterocycles.